The van der Waals surface area contributed by atoms with Crippen molar-refractivity contribution >= 4 is 23.7 Å². The van der Waals surface area contributed by atoms with Crippen molar-refractivity contribution in [2.24, 2.45) is 10.8 Å². The van der Waals surface area contributed by atoms with Crippen LogP contribution in [0.2, 0.25) is 0 Å². The molecule has 0 spiro atoms. The molecular formula is C16H16N6O3. The maximum absolute atomic E-state index is 12.8. The van der Waals surface area contributed by atoms with E-state index >= 15 is 0 Å². The first-order chi connectivity index (χ1) is 12.1. The lowest BCUT2D eigenvalue weighted by molar-refractivity contribution is 0.249. The number of hydrazone groups is 1. The number of pyridine rings is 1. The summed E-state index contributed by atoms with van der Waals surface area (Å²) >= 11 is 0. The molecule has 0 aliphatic carbocycles. The number of rotatable bonds is 5. The van der Waals surface area contributed by atoms with Gasteiger partial charge in [0, 0.05) is 6.20 Å². The van der Waals surface area contributed by atoms with Gasteiger partial charge >= 0.3 is 6.03 Å². The minimum Gasteiger partial charge on any atom is -0.467 e. The number of nitrogens with zero attached hydrogens (tertiary/aromatic N) is 3. The summed E-state index contributed by atoms with van der Waals surface area (Å²) in [5.41, 5.74) is 8.26. The molecule has 0 atom stereocenters. The second kappa shape index (κ2) is 6.87. The van der Waals surface area contributed by atoms with Crippen LogP contribution in [-0.2, 0) is 6.54 Å². The van der Waals surface area contributed by atoms with E-state index in [0.29, 0.717) is 23.8 Å². The summed E-state index contributed by atoms with van der Waals surface area (Å²) in [6.45, 7) is 2.20. The van der Waals surface area contributed by atoms with Crippen LogP contribution in [0.5, 0.6) is 0 Å². The Bertz CT molecular complexity index is 991. The Morgan fingerprint density at radius 3 is 3.00 bits per heavy atom. The molecule has 3 heterocycles. The van der Waals surface area contributed by atoms with Crippen molar-refractivity contribution in [1.29, 1.82) is 0 Å². The molecule has 3 aromatic rings. The molecule has 128 valence electrons. The largest absolute Gasteiger partial charge is 0.467 e. The van der Waals surface area contributed by atoms with Crippen LogP contribution in [0.4, 0.5) is 10.6 Å². The number of carbonyl (C=O) groups is 1. The third-order valence-electron chi connectivity index (χ3n) is 3.46. The third-order valence-corrected chi connectivity index (χ3v) is 3.46. The van der Waals surface area contributed by atoms with Crippen molar-refractivity contribution < 1.29 is 9.21 Å². The standard InChI is InChI=1S/C16H16N6O3/c1-10-4-2-6-22-14(10)20-13(18-8-11-5-3-7-25-11)12(15(22)23)9-19-21-16(17)24/h2-7,9,18H,8H2,1H3,(H3,17,21,24)/b19-9-. The summed E-state index contributed by atoms with van der Waals surface area (Å²) in [7, 11) is 0. The first-order valence-corrected chi connectivity index (χ1v) is 7.43. The van der Waals surface area contributed by atoms with Gasteiger partial charge in [0.05, 0.1) is 19.0 Å². The summed E-state index contributed by atoms with van der Waals surface area (Å²) in [5.74, 6) is 1.01. The molecule has 0 radical (unpaired) electrons. The summed E-state index contributed by atoms with van der Waals surface area (Å²) in [4.78, 5) is 28.0. The number of hydrogen-bond donors (Lipinski definition) is 3. The van der Waals surface area contributed by atoms with Gasteiger partial charge in [0.1, 0.15) is 22.8 Å². The predicted octanol–water partition coefficient (Wildman–Crippen LogP) is 1.21. The summed E-state index contributed by atoms with van der Waals surface area (Å²) in [6, 6.07) is 6.35. The van der Waals surface area contributed by atoms with Crippen LogP contribution in [0.25, 0.3) is 5.65 Å². The van der Waals surface area contributed by atoms with Gasteiger partial charge in [-0.15, -0.1) is 0 Å². The molecule has 0 unspecified atom stereocenters. The van der Waals surface area contributed by atoms with Crippen molar-refractivity contribution in [3.05, 3.63) is 64.0 Å². The zero-order chi connectivity index (χ0) is 17.8. The quantitative estimate of drug-likeness (QED) is 0.475. The lowest BCUT2D eigenvalue weighted by atomic mass is 10.2. The number of hydrogen-bond acceptors (Lipinski definition) is 6. The van der Waals surface area contributed by atoms with E-state index in [1.54, 1.807) is 30.7 Å². The maximum atomic E-state index is 12.8. The zero-order valence-corrected chi connectivity index (χ0v) is 13.4. The van der Waals surface area contributed by atoms with Crippen molar-refractivity contribution in [2.45, 2.75) is 13.5 Å². The molecule has 3 rings (SSSR count). The normalized spacial score (nSPS) is 11.1. The number of primary amides is 1. The second-order valence-electron chi connectivity index (χ2n) is 5.23. The van der Waals surface area contributed by atoms with Crippen molar-refractivity contribution in [3.8, 4) is 0 Å². The van der Waals surface area contributed by atoms with Gasteiger partial charge in [-0.2, -0.15) is 5.10 Å². The van der Waals surface area contributed by atoms with Gasteiger partial charge in [-0.1, -0.05) is 6.07 Å². The smallest absolute Gasteiger partial charge is 0.332 e. The molecule has 0 aromatic carbocycles. The van der Waals surface area contributed by atoms with E-state index in [2.05, 4.69) is 20.8 Å². The fraction of sp³-hybridized carbons (Fsp3) is 0.125. The fourth-order valence-corrected chi connectivity index (χ4v) is 2.31. The molecule has 0 aliphatic rings. The minimum absolute atomic E-state index is 0.184. The van der Waals surface area contributed by atoms with Gasteiger partial charge < -0.3 is 15.5 Å². The highest BCUT2D eigenvalue weighted by Crippen LogP contribution is 2.13. The lowest BCUT2D eigenvalue weighted by Gasteiger charge is -2.10. The lowest BCUT2D eigenvalue weighted by Crippen LogP contribution is -2.26. The zero-order valence-electron chi connectivity index (χ0n) is 13.4. The monoisotopic (exact) mass is 340 g/mol. The van der Waals surface area contributed by atoms with Crippen LogP contribution in [-0.4, -0.2) is 21.6 Å². The maximum Gasteiger partial charge on any atom is 0.332 e. The predicted molar refractivity (Wildman–Crippen MR) is 92.5 cm³/mol. The van der Waals surface area contributed by atoms with E-state index in [-0.39, 0.29) is 11.1 Å². The van der Waals surface area contributed by atoms with E-state index in [1.165, 1.54) is 10.6 Å². The number of aryl methyl sites for hydroxylation is 1. The van der Waals surface area contributed by atoms with Gasteiger partial charge in [0.15, 0.2) is 0 Å². The van der Waals surface area contributed by atoms with Crippen molar-refractivity contribution in [1.82, 2.24) is 14.8 Å². The van der Waals surface area contributed by atoms with Crippen LogP contribution >= 0.6 is 0 Å². The van der Waals surface area contributed by atoms with E-state index in [0.717, 1.165) is 5.56 Å². The van der Waals surface area contributed by atoms with Crippen LogP contribution in [0, 0.1) is 6.92 Å². The summed E-state index contributed by atoms with van der Waals surface area (Å²) in [5, 5.41) is 6.73. The Balaban J connectivity index is 2.06. The Morgan fingerprint density at radius 1 is 1.44 bits per heavy atom. The third kappa shape index (κ3) is 3.50. The highest BCUT2D eigenvalue weighted by molar-refractivity contribution is 5.87. The van der Waals surface area contributed by atoms with Gasteiger partial charge in [0.2, 0.25) is 0 Å². The number of furan rings is 1. The van der Waals surface area contributed by atoms with Crippen molar-refractivity contribution in [2.75, 3.05) is 5.32 Å². The SMILES string of the molecule is Cc1cccn2c(=O)c(/C=N\NC(N)=O)c(NCc3ccco3)nc12. The van der Waals surface area contributed by atoms with Gasteiger partial charge in [-0.05, 0) is 30.7 Å². The van der Waals surface area contributed by atoms with E-state index in [1.807, 2.05) is 13.0 Å². The van der Waals surface area contributed by atoms with Gasteiger partial charge in [-0.25, -0.2) is 15.2 Å². The first kappa shape index (κ1) is 16.2. The fourth-order valence-electron chi connectivity index (χ4n) is 2.31. The number of urea groups is 1. The number of carbonyl (C=O) groups excluding carboxylic acids is 1. The highest BCUT2D eigenvalue weighted by Gasteiger charge is 2.13. The molecule has 0 fully saturated rings. The van der Waals surface area contributed by atoms with E-state index in [9.17, 15) is 9.59 Å². The van der Waals surface area contributed by atoms with Crippen LogP contribution in [0.1, 0.15) is 16.9 Å². The van der Waals surface area contributed by atoms with Gasteiger partial charge in [0.25, 0.3) is 5.56 Å². The molecule has 9 heteroatoms. The van der Waals surface area contributed by atoms with Gasteiger partial charge in [-0.3, -0.25) is 9.20 Å². The Hall–Kier alpha value is -3.62. The number of anilines is 1. The molecule has 0 aliphatic heterocycles. The minimum atomic E-state index is -0.828. The highest BCUT2D eigenvalue weighted by atomic mass is 16.3. The van der Waals surface area contributed by atoms with E-state index in [4.69, 9.17) is 10.2 Å². The number of nitrogens with two attached hydrogens (primary N) is 1. The molecule has 2 amide bonds. The average molecular weight is 340 g/mol. The van der Waals surface area contributed by atoms with Crippen molar-refractivity contribution in [3.63, 3.8) is 0 Å². The Labute approximate surface area is 142 Å². The van der Waals surface area contributed by atoms with Crippen LogP contribution < -0.4 is 22.0 Å². The molecule has 4 N–H and O–H groups in total. The van der Waals surface area contributed by atoms with Crippen LogP contribution in [0.3, 0.4) is 0 Å². The molecule has 0 bridgehead atoms. The Kier molecular flexibility index (Phi) is 4.46. The Morgan fingerprint density at radius 2 is 2.28 bits per heavy atom. The summed E-state index contributed by atoms with van der Waals surface area (Å²) < 4.78 is 6.68. The number of aromatic nitrogens is 2. The molecule has 3 aromatic heterocycles. The average Bonchev–Trinajstić information content (AvgIpc) is 3.09. The second-order valence-corrected chi connectivity index (χ2v) is 5.23. The molecule has 9 nitrogen and oxygen atoms in total. The number of fused-ring (bicyclic) bond motifs is 1. The molecule has 0 saturated carbocycles. The first-order valence-electron chi connectivity index (χ1n) is 7.43. The topological polar surface area (TPSA) is 127 Å². The van der Waals surface area contributed by atoms with E-state index < -0.39 is 6.03 Å². The molecule has 25 heavy (non-hydrogen) atoms. The number of amides is 2. The molecular weight excluding hydrogens is 324 g/mol. The van der Waals surface area contributed by atoms with Crippen LogP contribution in [0.15, 0.2) is 51.0 Å². The number of nitrogens with one attached hydrogen (secondary N) is 2. The summed E-state index contributed by atoms with van der Waals surface area (Å²) in [6.07, 6.45) is 4.38. The molecule has 0 saturated heterocycles.